The molecule has 1 aliphatic rings. The van der Waals surface area contributed by atoms with Crippen molar-refractivity contribution in [3.05, 3.63) is 96.1 Å². The number of nitrogens with two attached hydrogens (primary N) is 1. The number of rotatable bonds is 2. The molecule has 0 heterocycles. The molecule has 0 aromatic heterocycles. The van der Waals surface area contributed by atoms with Gasteiger partial charge in [-0.1, -0.05) is 101 Å². The summed E-state index contributed by atoms with van der Waals surface area (Å²) in [4.78, 5) is 0. The number of halogens is 1. The van der Waals surface area contributed by atoms with Gasteiger partial charge in [-0.2, -0.15) is 0 Å². The van der Waals surface area contributed by atoms with Crippen LogP contribution in [-0.2, 0) is 9.86 Å². The Morgan fingerprint density at radius 1 is 0.700 bits per heavy atom. The summed E-state index contributed by atoms with van der Waals surface area (Å²) in [6.45, 7) is 0. The molecule has 100 valence electrons. The van der Waals surface area contributed by atoms with Crippen molar-refractivity contribution in [3.63, 3.8) is 0 Å². The van der Waals surface area contributed by atoms with E-state index in [9.17, 15) is 0 Å². The first-order chi connectivity index (χ1) is 9.67. The Kier molecular flexibility index (Phi) is 3.36. The van der Waals surface area contributed by atoms with Crippen LogP contribution in [0.15, 0.2) is 85.0 Å². The molecular formula is C18H16BrN. The molecule has 20 heavy (non-hydrogen) atoms. The van der Waals surface area contributed by atoms with Crippen molar-refractivity contribution in [1.29, 1.82) is 0 Å². The van der Waals surface area contributed by atoms with Gasteiger partial charge in [-0.15, -0.1) is 0 Å². The molecule has 0 bridgehead atoms. The highest BCUT2D eigenvalue weighted by atomic mass is 79.9. The van der Waals surface area contributed by atoms with Crippen LogP contribution < -0.4 is 5.73 Å². The second-order valence-corrected chi connectivity index (χ2v) is 6.28. The molecule has 3 rings (SSSR count). The highest BCUT2D eigenvalue weighted by Crippen LogP contribution is 2.49. The highest BCUT2D eigenvalue weighted by Gasteiger charge is 2.47. The maximum absolute atomic E-state index is 6.81. The number of hydrogen-bond donors (Lipinski definition) is 1. The maximum atomic E-state index is 6.81. The zero-order valence-electron chi connectivity index (χ0n) is 11.0. The quantitative estimate of drug-likeness (QED) is 0.820. The van der Waals surface area contributed by atoms with Crippen LogP contribution >= 0.6 is 15.9 Å². The third-order valence-corrected chi connectivity index (χ3v) is 5.22. The second kappa shape index (κ2) is 5.04. The Morgan fingerprint density at radius 2 is 1.20 bits per heavy atom. The smallest absolute Gasteiger partial charge is 0.0945 e. The van der Waals surface area contributed by atoms with E-state index >= 15 is 0 Å². The van der Waals surface area contributed by atoms with Gasteiger partial charge in [0.1, 0.15) is 0 Å². The van der Waals surface area contributed by atoms with E-state index in [2.05, 4.69) is 52.3 Å². The van der Waals surface area contributed by atoms with Crippen molar-refractivity contribution >= 4 is 15.9 Å². The lowest BCUT2D eigenvalue weighted by Gasteiger charge is -2.43. The molecule has 2 atom stereocenters. The van der Waals surface area contributed by atoms with E-state index in [1.54, 1.807) is 0 Å². The first-order valence-electron chi connectivity index (χ1n) is 6.63. The summed E-state index contributed by atoms with van der Waals surface area (Å²) in [5.41, 5.74) is 8.42. The van der Waals surface area contributed by atoms with Gasteiger partial charge in [0, 0.05) is 0 Å². The molecular weight excluding hydrogens is 310 g/mol. The monoisotopic (exact) mass is 325 g/mol. The summed E-state index contributed by atoms with van der Waals surface area (Å²) in [5.74, 6) is 0. The zero-order chi connectivity index (χ0) is 14.1. The fourth-order valence-corrected chi connectivity index (χ4v) is 3.47. The lowest BCUT2D eigenvalue weighted by molar-refractivity contribution is 0.466. The summed E-state index contributed by atoms with van der Waals surface area (Å²) in [6.07, 6.45) is 8.23. The van der Waals surface area contributed by atoms with Crippen LogP contribution in [0.3, 0.4) is 0 Å². The Labute approximate surface area is 128 Å². The van der Waals surface area contributed by atoms with E-state index in [0.29, 0.717) is 0 Å². The number of benzene rings is 2. The molecule has 0 saturated heterocycles. The molecule has 0 amide bonds. The van der Waals surface area contributed by atoms with Gasteiger partial charge >= 0.3 is 0 Å². The highest BCUT2D eigenvalue weighted by molar-refractivity contribution is 9.09. The van der Waals surface area contributed by atoms with E-state index < -0.39 is 9.86 Å². The van der Waals surface area contributed by atoms with Crippen LogP contribution in [0.25, 0.3) is 0 Å². The summed E-state index contributed by atoms with van der Waals surface area (Å²) in [5, 5.41) is 0. The molecule has 0 aliphatic heterocycles. The Bertz CT molecular complexity index is 588. The minimum Gasteiger partial charge on any atom is -0.316 e. The largest absolute Gasteiger partial charge is 0.316 e. The van der Waals surface area contributed by atoms with Crippen molar-refractivity contribution < 1.29 is 0 Å². The molecule has 0 fully saturated rings. The molecule has 2 N–H and O–H groups in total. The van der Waals surface area contributed by atoms with Gasteiger partial charge in [0.15, 0.2) is 0 Å². The van der Waals surface area contributed by atoms with Crippen molar-refractivity contribution in [2.75, 3.05) is 0 Å². The number of allylic oxidation sites excluding steroid dienone is 2. The van der Waals surface area contributed by atoms with Crippen molar-refractivity contribution in [2.24, 2.45) is 5.73 Å². The topological polar surface area (TPSA) is 26.0 Å². The summed E-state index contributed by atoms with van der Waals surface area (Å²) >= 11 is 3.90. The van der Waals surface area contributed by atoms with E-state index in [1.807, 2.05) is 48.6 Å². The first kappa shape index (κ1) is 13.3. The molecule has 0 saturated carbocycles. The molecule has 2 unspecified atom stereocenters. The normalized spacial score (nSPS) is 28.5. The SMILES string of the molecule is NC1(c2ccccc2)C=CC=CC1(Br)c1ccccc1. The van der Waals surface area contributed by atoms with Crippen LogP contribution in [-0.4, -0.2) is 0 Å². The summed E-state index contributed by atoms with van der Waals surface area (Å²) in [6, 6.07) is 20.5. The van der Waals surface area contributed by atoms with E-state index in [4.69, 9.17) is 5.73 Å². The van der Waals surface area contributed by atoms with Crippen molar-refractivity contribution in [3.8, 4) is 0 Å². The molecule has 2 aromatic carbocycles. The van der Waals surface area contributed by atoms with Crippen LogP contribution in [0, 0.1) is 0 Å². The van der Waals surface area contributed by atoms with Crippen LogP contribution in [0.1, 0.15) is 11.1 Å². The predicted octanol–water partition coefficient (Wildman–Crippen LogP) is 4.26. The zero-order valence-corrected chi connectivity index (χ0v) is 12.6. The fraction of sp³-hybridized carbons (Fsp3) is 0.111. The van der Waals surface area contributed by atoms with Crippen LogP contribution in [0.5, 0.6) is 0 Å². The van der Waals surface area contributed by atoms with Gasteiger partial charge in [0.05, 0.1) is 9.86 Å². The standard InChI is InChI=1S/C18H16BrN/c19-17(15-9-3-1-4-10-15)13-7-8-14-18(17,20)16-11-5-2-6-12-16/h1-14H,20H2. The minimum atomic E-state index is -0.621. The third kappa shape index (κ3) is 1.96. The molecule has 1 nitrogen and oxygen atoms in total. The Morgan fingerprint density at radius 3 is 1.80 bits per heavy atom. The van der Waals surface area contributed by atoms with Gasteiger partial charge < -0.3 is 5.73 Å². The summed E-state index contributed by atoms with van der Waals surface area (Å²) in [7, 11) is 0. The van der Waals surface area contributed by atoms with E-state index in [0.717, 1.165) is 11.1 Å². The molecule has 1 aliphatic carbocycles. The predicted molar refractivity (Wildman–Crippen MR) is 87.6 cm³/mol. The second-order valence-electron chi connectivity index (χ2n) is 5.03. The first-order valence-corrected chi connectivity index (χ1v) is 7.42. The Hall–Kier alpha value is -1.64. The van der Waals surface area contributed by atoms with E-state index in [1.165, 1.54) is 0 Å². The number of hydrogen-bond acceptors (Lipinski definition) is 1. The molecule has 2 heteroatoms. The fourth-order valence-electron chi connectivity index (χ4n) is 2.69. The van der Waals surface area contributed by atoms with Gasteiger partial charge in [-0.25, -0.2) is 0 Å². The lowest BCUT2D eigenvalue weighted by atomic mass is 9.73. The van der Waals surface area contributed by atoms with Gasteiger partial charge in [0.2, 0.25) is 0 Å². The van der Waals surface area contributed by atoms with Gasteiger partial charge in [-0.3, -0.25) is 0 Å². The Balaban J connectivity index is 2.19. The summed E-state index contributed by atoms with van der Waals surface area (Å²) < 4.78 is -0.447. The van der Waals surface area contributed by atoms with Gasteiger partial charge in [0.25, 0.3) is 0 Å². The molecule has 0 spiro atoms. The maximum Gasteiger partial charge on any atom is 0.0945 e. The average Bonchev–Trinajstić information content (AvgIpc) is 2.52. The average molecular weight is 326 g/mol. The van der Waals surface area contributed by atoms with Crippen LogP contribution in [0.2, 0.25) is 0 Å². The van der Waals surface area contributed by atoms with Crippen molar-refractivity contribution in [2.45, 2.75) is 9.86 Å². The molecule has 0 radical (unpaired) electrons. The van der Waals surface area contributed by atoms with Crippen molar-refractivity contribution in [1.82, 2.24) is 0 Å². The number of alkyl halides is 1. The molecule has 2 aromatic rings. The lowest BCUT2D eigenvalue weighted by Crippen LogP contribution is -2.50. The van der Waals surface area contributed by atoms with Gasteiger partial charge in [-0.05, 0) is 11.1 Å². The van der Waals surface area contributed by atoms with Crippen LogP contribution in [0.4, 0.5) is 0 Å². The van der Waals surface area contributed by atoms with E-state index in [-0.39, 0.29) is 0 Å². The third-order valence-electron chi connectivity index (χ3n) is 3.84. The minimum absolute atomic E-state index is 0.447.